The minimum Gasteiger partial charge on any atom is -0.390 e. The highest BCUT2D eigenvalue weighted by Gasteiger charge is 2.33. The highest BCUT2D eigenvalue weighted by molar-refractivity contribution is 4.87. The van der Waals surface area contributed by atoms with Crippen molar-refractivity contribution >= 4 is 0 Å². The molecule has 1 aliphatic rings. The molecule has 0 fully saturated rings. The lowest BCUT2D eigenvalue weighted by Gasteiger charge is -2.32. The molecule has 0 unspecified atom stereocenters. The number of nitrogens with zero attached hydrogens (tertiary/aromatic N) is 3. The number of aliphatic hydroxyl groups is 1. The fourth-order valence-electron chi connectivity index (χ4n) is 2.63. The van der Waals surface area contributed by atoms with E-state index in [9.17, 15) is 5.11 Å². The quantitative estimate of drug-likeness (QED) is 0.685. The first kappa shape index (κ1) is 16.3. The summed E-state index contributed by atoms with van der Waals surface area (Å²) in [6, 6.07) is 0. The van der Waals surface area contributed by atoms with Crippen molar-refractivity contribution in [2.24, 2.45) is 22.1 Å². The Balaban J connectivity index is 2.70. The lowest BCUT2D eigenvalue weighted by molar-refractivity contribution is 0.0314. The van der Waals surface area contributed by atoms with E-state index in [-0.39, 0.29) is 6.17 Å². The van der Waals surface area contributed by atoms with E-state index in [2.05, 4.69) is 35.6 Å². The van der Waals surface area contributed by atoms with Crippen molar-refractivity contribution < 1.29 is 5.11 Å². The zero-order valence-corrected chi connectivity index (χ0v) is 12.8. The van der Waals surface area contributed by atoms with Gasteiger partial charge < -0.3 is 5.11 Å². The molecule has 0 aromatic carbocycles. The summed E-state index contributed by atoms with van der Waals surface area (Å²) in [5, 5.41) is 18.7. The van der Waals surface area contributed by atoms with Crippen LogP contribution >= 0.6 is 0 Å². The Kier molecular flexibility index (Phi) is 6.14. The summed E-state index contributed by atoms with van der Waals surface area (Å²) >= 11 is 0. The van der Waals surface area contributed by atoms with Crippen LogP contribution in [0, 0.1) is 11.8 Å². The van der Waals surface area contributed by atoms with Gasteiger partial charge in [-0.05, 0) is 38.5 Å². The molecule has 110 valence electrons. The van der Waals surface area contributed by atoms with E-state index in [0.717, 1.165) is 25.8 Å². The van der Waals surface area contributed by atoms with Gasteiger partial charge in [0.25, 0.3) is 0 Å². The van der Waals surface area contributed by atoms with E-state index in [1.807, 2.05) is 19.9 Å². The van der Waals surface area contributed by atoms with E-state index >= 15 is 0 Å². The van der Waals surface area contributed by atoms with Crippen LogP contribution in [0.2, 0.25) is 0 Å². The molecule has 19 heavy (non-hydrogen) atoms. The summed E-state index contributed by atoms with van der Waals surface area (Å²) in [6.07, 6.45) is 5.00. The van der Waals surface area contributed by atoms with Crippen molar-refractivity contribution in [1.82, 2.24) is 4.90 Å². The van der Waals surface area contributed by atoms with Crippen molar-refractivity contribution in [3.8, 4) is 0 Å². The van der Waals surface area contributed by atoms with Crippen molar-refractivity contribution in [3.63, 3.8) is 0 Å². The number of hydrogen-bond donors (Lipinski definition) is 1. The molecule has 1 rings (SSSR count). The lowest BCUT2D eigenvalue weighted by atomic mass is 9.86. The van der Waals surface area contributed by atoms with Gasteiger partial charge in [-0.25, -0.2) is 0 Å². The maximum absolute atomic E-state index is 10.1. The second-order valence-corrected chi connectivity index (χ2v) is 6.62. The summed E-state index contributed by atoms with van der Waals surface area (Å²) < 4.78 is 0. The van der Waals surface area contributed by atoms with Gasteiger partial charge in [0.05, 0.1) is 5.60 Å². The molecule has 0 aromatic rings. The summed E-state index contributed by atoms with van der Waals surface area (Å²) in [4.78, 5) is 2.23. The van der Waals surface area contributed by atoms with Gasteiger partial charge in [0, 0.05) is 6.54 Å². The third-order valence-corrected chi connectivity index (χ3v) is 3.48. The van der Waals surface area contributed by atoms with Gasteiger partial charge in [-0.15, -0.1) is 6.58 Å². The summed E-state index contributed by atoms with van der Waals surface area (Å²) in [5.41, 5.74) is -0.653. The Hall–Kier alpha value is -0.740. The zero-order chi connectivity index (χ0) is 14.5. The Morgan fingerprint density at radius 1 is 1.42 bits per heavy atom. The molecule has 0 aromatic heterocycles. The molecule has 0 saturated carbocycles. The van der Waals surface area contributed by atoms with Crippen LogP contribution in [0.25, 0.3) is 0 Å². The van der Waals surface area contributed by atoms with Crippen molar-refractivity contribution in [3.05, 3.63) is 12.7 Å². The third-order valence-electron chi connectivity index (χ3n) is 3.48. The fourth-order valence-corrected chi connectivity index (χ4v) is 2.63. The van der Waals surface area contributed by atoms with Gasteiger partial charge in [0.15, 0.2) is 0 Å². The average Bonchev–Trinajstić information content (AvgIpc) is 2.71. The van der Waals surface area contributed by atoms with Gasteiger partial charge in [0.1, 0.15) is 12.8 Å². The molecule has 1 aliphatic heterocycles. The van der Waals surface area contributed by atoms with Crippen molar-refractivity contribution in [1.29, 1.82) is 0 Å². The maximum atomic E-state index is 10.1. The molecule has 0 saturated heterocycles. The Labute approximate surface area is 117 Å². The second-order valence-electron chi connectivity index (χ2n) is 6.62. The summed E-state index contributed by atoms with van der Waals surface area (Å²) in [6.45, 7) is 13.5. The van der Waals surface area contributed by atoms with Crippen molar-refractivity contribution in [2.75, 3.05) is 13.2 Å². The zero-order valence-electron chi connectivity index (χ0n) is 12.8. The smallest absolute Gasteiger partial charge is 0.128 e. The minimum absolute atomic E-state index is 0.100. The van der Waals surface area contributed by atoms with E-state index in [1.54, 1.807) is 0 Å². The Morgan fingerprint density at radius 3 is 2.63 bits per heavy atom. The largest absolute Gasteiger partial charge is 0.390 e. The van der Waals surface area contributed by atoms with Gasteiger partial charge in [-0.2, -0.15) is 10.2 Å². The molecule has 2 atom stereocenters. The molecule has 0 aliphatic carbocycles. The first-order valence-corrected chi connectivity index (χ1v) is 7.27. The van der Waals surface area contributed by atoms with Crippen LogP contribution in [0.4, 0.5) is 0 Å². The molecule has 0 spiro atoms. The van der Waals surface area contributed by atoms with Crippen LogP contribution in [0.3, 0.4) is 0 Å². The van der Waals surface area contributed by atoms with Crippen LogP contribution in [0.15, 0.2) is 22.9 Å². The SMILES string of the molecule is C=CCN1CN=N[C@@H]1[C@H](CCC(C)C)CC(C)(C)O. The third kappa shape index (κ3) is 5.83. The number of hydrogen-bond acceptors (Lipinski definition) is 4. The van der Waals surface area contributed by atoms with Gasteiger partial charge in [-0.1, -0.05) is 26.3 Å². The highest BCUT2D eigenvalue weighted by Crippen LogP contribution is 2.30. The van der Waals surface area contributed by atoms with E-state index < -0.39 is 5.60 Å². The lowest BCUT2D eigenvalue weighted by Crippen LogP contribution is -2.39. The van der Waals surface area contributed by atoms with Gasteiger partial charge in [0.2, 0.25) is 0 Å². The molecule has 0 bridgehead atoms. The average molecular weight is 267 g/mol. The van der Waals surface area contributed by atoms with Crippen LogP contribution in [0.1, 0.15) is 47.0 Å². The minimum atomic E-state index is -0.653. The van der Waals surface area contributed by atoms with Crippen molar-refractivity contribution in [2.45, 2.75) is 58.7 Å². The van der Waals surface area contributed by atoms with Crippen LogP contribution in [-0.2, 0) is 0 Å². The highest BCUT2D eigenvalue weighted by atomic mass is 16.3. The first-order valence-electron chi connectivity index (χ1n) is 7.27. The summed E-state index contributed by atoms with van der Waals surface area (Å²) in [5.74, 6) is 1.03. The van der Waals surface area contributed by atoms with Crippen LogP contribution in [0.5, 0.6) is 0 Å². The van der Waals surface area contributed by atoms with Crippen LogP contribution in [-0.4, -0.2) is 35.0 Å². The molecule has 0 amide bonds. The summed E-state index contributed by atoms with van der Waals surface area (Å²) in [7, 11) is 0. The molecule has 4 nitrogen and oxygen atoms in total. The van der Waals surface area contributed by atoms with E-state index in [4.69, 9.17) is 0 Å². The monoisotopic (exact) mass is 267 g/mol. The standard InChI is InChI=1S/C15H29N3O/c1-6-9-18-11-16-17-14(18)13(8-7-12(2)3)10-15(4,5)19/h6,12-14,19H,1,7-11H2,2-5H3/t13-,14+/m1/s1. The maximum Gasteiger partial charge on any atom is 0.128 e. The molecular weight excluding hydrogens is 238 g/mol. The first-order chi connectivity index (χ1) is 8.83. The molecule has 1 N–H and O–H groups in total. The molecule has 0 radical (unpaired) electrons. The predicted molar refractivity (Wildman–Crippen MR) is 78.9 cm³/mol. The fraction of sp³-hybridized carbons (Fsp3) is 0.867. The van der Waals surface area contributed by atoms with Crippen LogP contribution < -0.4 is 0 Å². The normalized spacial score (nSPS) is 22.1. The molecule has 1 heterocycles. The van der Waals surface area contributed by atoms with E-state index in [1.165, 1.54) is 0 Å². The predicted octanol–water partition coefficient (Wildman–Crippen LogP) is 3.44. The topological polar surface area (TPSA) is 48.2 Å². The molecular formula is C15H29N3O. The second kappa shape index (κ2) is 7.15. The number of azo groups is 1. The van der Waals surface area contributed by atoms with Gasteiger partial charge >= 0.3 is 0 Å². The Morgan fingerprint density at radius 2 is 2.11 bits per heavy atom. The van der Waals surface area contributed by atoms with E-state index in [0.29, 0.717) is 18.5 Å². The number of rotatable bonds is 8. The molecule has 4 heteroatoms. The van der Waals surface area contributed by atoms with Gasteiger partial charge in [-0.3, -0.25) is 4.90 Å². The Bertz CT molecular complexity index is 307.